The zero-order valence-electron chi connectivity index (χ0n) is 27.7. The number of carbonyl (C=O) groups excluding carboxylic acids is 1. The van der Waals surface area contributed by atoms with Gasteiger partial charge in [-0.05, 0) is 48.1 Å². The first-order valence-electron chi connectivity index (χ1n) is 17.6. The molecule has 0 aliphatic rings. The molecule has 0 N–H and O–H groups in total. The third kappa shape index (κ3) is 12.7. The van der Waals surface area contributed by atoms with Gasteiger partial charge in [0.05, 0.1) is 12.2 Å². The quantitative estimate of drug-likeness (QED) is 0.0601. The molecule has 3 nitrogen and oxygen atoms in total. The van der Waals surface area contributed by atoms with Crippen LogP contribution in [0.15, 0.2) is 60.7 Å². The van der Waals surface area contributed by atoms with Crippen molar-refractivity contribution in [1.82, 2.24) is 0 Å². The van der Waals surface area contributed by atoms with Crippen molar-refractivity contribution in [2.24, 2.45) is 0 Å². The summed E-state index contributed by atoms with van der Waals surface area (Å²) in [6.45, 7) is 4.69. The monoisotopic (exact) mass is 620 g/mol. The predicted octanol–water partition coefficient (Wildman–Crippen LogP) is 12.6. The topological polar surface area (TPSA) is 35.5 Å². The number of benzene rings is 3. The van der Waals surface area contributed by atoms with Crippen molar-refractivity contribution in [2.75, 3.05) is 6.61 Å². The molecule has 0 saturated carbocycles. The van der Waals surface area contributed by atoms with Crippen LogP contribution in [-0.2, 0) is 16.2 Å². The molecule has 0 saturated heterocycles. The van der Waals surface area contributed by atoms with Crippen molar-refractivity contribution in [2.45, 2.75) is 129 Å². The molecular formula is C40H54F2O3. The Balaban J connectivity index is 1.63. The summed E-state index contributed by atoms with van der Waals surface area (Å²) >= 11 is 0. The van der Waals surface area contributed by atoms with E-state index in [9.17, 15) is 4.79 Å². The SMILES string of the molecule is CCCCCCCCCCCCc1ccc(-c2c(-c3ccccc3)ccc(C(=O)OOCCCCCCCCC)c2F)c(F)c1. The normalized spacial score (nSPS) is 11.2. The van der Waals surface area contributed by atoms with Crippen LogP contribution >= 0.6 is 0 Å². The zero-order valence-corrected chi connectivity index (χ0v) is 27.7. The van der Waals surface area contributed by atoms with Crippen molar-refractivity contribution in [3.05, 3.63) is 83.4 Å². The standard InChI is InChI=1S/C40H54F2O3/c1-3-5-7-9-11-12-13-14-16-19-23-32-26-27-35(37(41)31-32)38-34(33-24-20-18-21-25-33)28-29-36(39(38)42)40(43)45-44-30-22-17-15-10-8-6-4-2/h18,20-21,24-29,31H,3-17,19,22-23,30H2,1-2H3. The van der Waals surface area contributed by atoms with Crippen LogP contribution in [-0.4, -0.2) is 12.6 Å². The number of rotatable bonds is 23. The molecule has 3 rings (SSSR count). The summed E-state index contributed by atoms with van der Waals surface area (Å²) in [5.74, 6) is -2.24. The molecule has 0 amide bonds. The Morgan fingerprint density at radius 3 is 1.78 bits per heavy atom. The van der Waals surface area contributed by atoms with Crippen molar-refractivity contribution >= 4 is 5.97 Å². The molecule has 45 heavy (non-hydrogen) atoms. The van der Waals surface area contributed by atoms with Crippen LogP contribution < -0.4 is 0 Å². The summed E-state index contributed by atoms with van der Waals surface area (Å²) in [4.78, 5) is 22.9. The predicted molar refractivity (Wildman–Crippen MR) is 182 cm³/mol. The molecule has 0 spiro atoms. The maximum absolute atomic E-state index is 16.1. The fourth-order valence-corrected chi connectivity index (χ4v) is 5.85. The molecule has 3 aromatic carbocycles. The highest BCUT2D eigenvalue weighted by Crippen LogP contribution is 2.38. The Morgan fingerprint density at radius 2 is 1.18 bits per heavy atom. The molecule has 0 unspecified atom stereocenters. The largest absolute Gasteiger partial charge is 0.376 e. The number of unbranched alkanes of at least 4 members (excludes halogenated alkanes) is 15. The second kappa shape index (κ2) is 21.6. The smallest absolute Gasteiger partial charge is 0.293 e. The lowest BCUT2D eigenvalue weighted by atomic mass is 9.91. The van der Waals surface area contributed by atoms with Crippen molar-refractivity contribution < 1.29 is 23.4 Å². The molecule has 3 aromatic rings. The van der Waals surface area contributed by atoms with Gasteiger partial charge in [0.1, 0.15) is 11.6 Å². The second-order valence-corrected chi connectivity index (χ2v) is 12.3. The summed E-state index contributed by atoms with van der Waals surface area (Å²) in [6.07, 6.45) is 21.0. The van der Waals surface area contributed by atoms with Crippen LogP contribution in [0.5, 0.6) is 0 Å². The molecule has 0 aliphatic carbocycles. The molecule has 0 aromatic heterocycles. The third-order valence-corrected chi connectivity index (χ3v) is 8.53. The summed E-state index contributed by atoms with van der Waals surface area (Å²) in [6, 6.07) is 17.3. The van der Waals surface area contributed by atoms with Crippen LogP contribution in [0.2, 0.25) is 0 Å². The first-order chi connectivity index (χ1) is 22.1. The lowest BCUT2D eigenvalue weighted by molar-refractivity contribution is -0.241. The number of carbonyl (C=O) groups is 1. The van der Waals surface area contributed by atoms with Gasteiger partial charge in [-0.2, -0.15) is 4.89 Å². The van der Waals surface area contributed by atoms with Crippen molar-refractivity contribution in [1.29, 1.82) is 0 Å². The first kappa shape index (κ1) is 36.4. The fraction of sp³-hybridized carbons (Fsp3) is 0.525. The minimum Gasteiger partial charge on any atom is -0.293 e. The van der Waals surface area contributed by atoms with Gasteiger partial charge in [0.15, 0.2) is 0 Å². The number of aryl methyl sites for hydroxylation is 1. The number of hydrogen-bond acceptors (Lipinski definition) is 3. The summed E-state index contributed by atoms with van der Waals surface area (Å²) in [5.41, 5.74) is 2.03. The van der Waals surface area contributed by atoms with Gasteiger partial charge >= 0.3 is 5.97 Å². The Morgan fingerprint density at radius 1 is 0.622 bits per heavy atom. The summed E-state index contributed by atoms with van der Waals surface area (Å²) in [7, 11) is 0. The van der Waals surface area contributed by atoms with E-state index in [4.69, 9.17) is 9.78 Å². The second-order valence-electron chi connectivity index (χ2n) is 12.3. The summed E-state index contributed by atoms with van der Waals surface area (Å²) in [5, 5.41) is 0. The molecule has 0 radical (unpaired) electrons. The highest BCUT2D eigenvalue weighted by atomic mass is 19.1. The Kier molecular flexibility index (Phi) is 17.5. The van der Waals surface area contributed by atoms with Gasteiger partial charge in [0.2, 0.25) is 0 Å². The van der Waals surface area contributed by atoms with Crippen LogP contribution in [0.4, 0.5) is 8.78 Å². The van der Waals surface area contributed by atoms with Crippen molar-refractivity contribution in [3.63, 3.8) is 0 Å². The van der Waals surface area contributed by atoms with Crippen molar-refractivity contribution in [3.8, 4) is 22.3 Å². The highest BCUT2D eigenvalue weighted by Gasteiger charge is 2.24. The van der Waals surface area contributed by atoms with E-state index in [0.29, 0.717) is 5.56 Å². The molecule has 0 fully saturated rings. The lowest BCUT2D eigenvalue weighted by Crippen LogP contribution is -2.10. The minimum absolute atomic E-state index is 0.0470. The summed E-state index contributed by atoms with van der Waals surface area (Å²) < 4.78 is 31.8. The maximum atomic E-state index is 16.1. The zero-order chi connectivity index (χ0) is 32.1. The Hall–Kier alpha value is -3.05. The van der Waals surface area contributed by atoms with Crippen LogP contribution in [0.25, 0.3) is 22.3 Å². The molecule has 0 aliphatic heterocycles. The molecule has 5 heteroatoms. The maximum Gasteiger partial charge on any atom is 0.376 e. The van der Waals surface area contributed by atoms with Gasteiger partial charge < -0.3 is 0 Å². The van der Waals surface area contributed by atoms with E-state index in [1.54, 1.807) is 12.1 Å². The van der Waals surface area contributed by atoms with Crippen LogP contribution in [0.3, 0.4) is 0 Å². The minimum atomic E-state index is -0.922. The van der Waals surface area contributed by atoms with Gasteiger partial charge in [-0.3, -0.25) is 4.89 Å². The molecule has 0 atom stereocenters. The van der Waals surface area contributed by atoms with E-state index in [-0.39, 0.29) is 23.3 Å². The van der Waals surface area contributed by atoms with Gasteiger partial charge in [-0.15, -0.1) is 0 Å². The van der Waals surface area contributed by atoms with E-state index in [0.717, 1.165) is 49.7 Å². The van der Waals surface area contributed by atoms with E-state index in [1.807, 2.05) is 36.4 Å². The van der Waals surface area contributed by atoms with E-state index in [2.05, 4.69) is 13.8 Å². The molecule has 0 heterocycles. The van der Waals surface area contributed by atoms with Crippen LogP contribution in [0, 0.1) is 11.6 Å². The number of halogens is 2. The van der Waals surface area contributed by atoms with E-state index >= 15 is 8.78 Å². The fourth-order valence-electron chi connectivity index (χ4n) is 5.85. The van der Waals surface area contributed by atoms with Gasteiger partial charge in [-0.25, -0.2) is 13.6 Å². The average Bonchev–Trinajstić information content (AvgIpc) is 3.05. The van der Waals surface area contributed by atoms with Gasteiger partial charge in [-0.1, -0.05) is 159 Å². The Labute approximate surface area is 270 Å². The lowest BCUT2D eigenvalue weighted by Gasteiger charge is -2.15. The van der Waals surface area contributed by atoms with Gasteiger partial charge in [0, 0.05) is 11.1 Å². The van der Waals surface area contributed by atoms with E-state index < -0.39 is 17.6 Å². The number of hydrogen-bond donors (Lipinski definition) is 0. The van der Waals surface area contributed by atoms with Crippen LogP contribution in [0.1, 0.15) is 139 Å². The molecular weight excluding hydrogens is 566 g/mol. The highest BCUT2D eigenvalue weighted by molar-refractivity contribution is 5.95. The van der Waals surface area contributed by atoms with Gasteiger partial charge in [0.25, 0.3) is 0 Å². The molecule has 0 bridgehead atoms. The average molecular weight is 621 g/mol. The first-order valence-corrected chi connectivity index (χ1v) is 17.6. The molecule has 246 valence electrons. The Bertz CT molecular complexity index is 1260. The van der Waals surface area contributed by atoms with E-state index in [1.165, 1.54) is 89.2 Å². The third-order valence-electron chi connectivity index (χ3n) is 8.53.